The van der Waals surface area contributed by atoms with Crippen molar-refractivity contribution in [2.75, 3.05) is 6.61 Å². The topological polar surface area (TPSA) is 72.8 Å². The van der Waals surface area contributed by atoms with Crippen LogP contribution in [0.1, 0.15) is 83.0 Å². The number of carbonyl (C=O) groups excluding carboxylic acids is 1. The van der Waals surface area contributed by atoms with E-state index in [9.17, 15) is 9.59 Å². The molecule has 0 aliphatic heterocycles. The molecule has 0 aromatic heterocycles. The molecule has 0 saturated carbocycles. The zero-order chi connectivity index (χ0) is 20.3. The molecule has 1 aromatic rings. The molecule has 5 heteroatoms. The van der Waals surface area contributed by atoms with E-state index in [2.05, 4.69) is 0 Å². The summed E-state index contributed by atoms with van der Waals surface area (Å²) < 4.78 is 11.1. The third-order valence-corrected chi connectivity index (χ3v) is 4.19. The quantitative estimate of drug-likeness (QED) is 0.385. The summed E-state index contributed by atoms with van der Waals surface area (Å²) in [5, 5.41) is 8.83. The highest BCUT2D eigenvalue weighted by molar-refractivity contribution is 5.90. The molecule has 5 nitrogen and oxygen atoms in total. The molecule has 1 rings (SSSR count). The lowest BCUT2D eigenvalue weighted by Gasteiger charge is -2.19. The van der Waals surface area contributed by atoms with E-state index in [4.69, 9.17) is 14.6 Å². The van der Waals surface area contributed by atoms with Gasteiger partial charge in [-0.25, -0.2) is 4.79 Å². The molecule has 1 unspecified atom stereocenters. The number of unbranched alkanes of at least 4 members (excludes halogenated alkanes) is 5. The molecular formula is C22H34O5. The molecule has 1 aromatic carbocycles. The summed E-state index contributed by atoms with van der Waals surface area (Å²) >= 11 is 0. The number of aliphatic carboxylic acids is 1. The van der Waals surface area contributed by atoms with Crippen molar-refractivity contribution >= 4 is 11.9 Å². The van der Waals surface area contributed by atoms with E-state index < -0.39 is 11.6 Å². The van der Waals surface area contributed by atoms with Crippen molar-refractivity contribution < 1.29 is 24.2 Å². The number of esters is 1. The van der Waals surface area contributed by atoms with Gasteiger partial charge in [0.1, 0.15) is 11.4 Å². The number of ether oxygens (including phenoxy) is 2. The van der Waals surface area contributed by atoms with Gasteiger partial charge in [-0.05, 0) is 51.8 Å². The molecule has 0 fully saturated rings. The standard InChI is InChI=1S/C22H34O5/c1-17(20(23)24)12-9-7-5-6-8-10-15-26-19-14-11-13-18(16-19)21(25)27-22(2,3)4/h11,13-14,16-17H,5-10,12,15H2,1-4H3,(H,23,24). The second-order valence-corrected chi connectivity index (χ2v) is 8.03. The van der Waals surface area contributed by atoms with Gasteiger partial charge in [-0.2, -0.15) is 0 Å². The Hall–Kier alpha value is -2.04. The van der Waals surface area contributed by atoms with Crippen LogP contribution in [0.3, 0.4) is 0 Å². The summed E-state index contributed by atoms with van der Waals surface area (Å²) in [5.74, 6) is -0.607. The van der Waals surface area contributed by atoms with E-state index in [1.54, 1.807) is 25.1 Å². The van der Waals surface area contributed by atoms with Crippen LogP contribution in [0.5, 0.6) is 5.75 Å². The van der Waals surface area contributed by atoms with E-state index in [1.165, 1.54) is 0 Å². The van der Waals surface area contributed by atoms with Crippen LogP contribution in [0.2, 0.25) is 0 Å². The van der Waals surface area contributed by atoms with Gasteiger partial charge < -0.3 is 14.6 Å². The third-order valence-electron chi connectivity index (χ3n) is 4.19. The van der Waals surface area contributed by atoms with Crippen LogP contribution in [0.4, 0.5) is 0 Å². The number of rotatable bonds is 12. The normalized spacial score (nSPS) is 12.4. The van der Waals surface area contributed by atoms with Crippen LogP contribution in [0, 0.1) is 5.92 Å². The molecule has 152 valence electrons. The first-order valence-corrected chi connectivity index (χ1v) is 9.88. The Bertz CT molecular complexity index is 589. The van der Waals surface area contributed by atoms with Gasteiger partial charge in [0.05, 0.1) is 18.1 Å². The van der Waals surface area contributed by atoms with Gasteiger partial charge in [0, 0.05) is 0 Å². The van der Waals surface area contributed by atoms with Gasteiger partial charge in [0.2, 0.25) is 0 Å². The Morgan fingerprint density at radius 3 is 2.30 bits per heavy atom. The summed E-state index contributed by atoms with van der Waals surface area (Å²) in [6, 6.07) is 7.09. The number of benzene rings is 1. The first-order chi connectivity index (χ1) is 12.7. The van der Waals surface area contributed by atoms with Crippen molar-refractivity contribution in [3.05, 3.63) is 29.8 Å². The van der Waals surface area contributed by atoms with Gasteiger partial charge in [-0.15, -0.1) is 0 Å². The lowest BCUT2D eigenvalue weighted by Crippen LogP contribution is -2.23. The fourth-order valence-electron chi connectivity index (χ4n) is 2.62. The van der Waals surface area contributed by atoms with Crippen LogP contribution >= 0.6 is 0 Å². The molecule has 0 radical (unpaired) electrons. The number of hydrogen-bond donors (Lipinski definition) is 1. The minimum atomic E-state index is -0.706. The summed E-state index contributed by atoms with van der Waals surface area (Å²) in [6.07, 6.45) is 7.11. The van der Waals surface area contributed by atoms with Crippen LogP contribution in [-0.2, 0) is 9.53 Å². The molecule has 0 amide bonds. The molecule has 27 heavy (non-hydrogen) atoms. The Morgan fingerprint density at radius 2 is 1.67 bits per heavy atom. The number of hydrogen-bond acceptors (Lipinski definition) is 4. The average molecular weight is 379 g/mol. The lowest BCUT2D eigenvalue weighted by molar-refractivity contribution is -0.141. The molecule has 0 saturated heterocycles. The van der Waals surface area contributed by atoms with Gasteiger partial charge in [0.15, 0.2) is 0 Å². The second kappa shape index (κ2) is 11.6. The van der Waals surface area contributed by atoms with Gasteiger partial charge in [-0.3, -0.25) is 4.79 Å². The smallest absolute Gasteiger partial charge is 0.338 e. The van der Waals surface area contributed by atoms with Crippen molar-refractivity contribution in [3.63, 3.8) is 0 Å². The second-order valence-electron chi connectivity index (χ2n) is 8.03. The zero-order valence-corrected chi connectivity index (χ0v) is 17.1. The highest BCUT2D eigenvalue weighted by Crippen LogP contribution is 2.18. The van der Waals surface area contributed by atoms with Crippen molar-refractivity contribution in [3.8, 4) is 5.75 Å². The maximum absolute atomic E-state index is 12.1. The Labute approximate surface area is 163 Å². The summed E-state index contributed by atoms with van der Waals surface area (Å²) in [5.41, 5.74) is -0.0161. The Kier molecular flexibility index (Phi) is 9.90. The van der Waals surface area contributed by atoms with Crippen LogP contribution in [0.25, 0.3) is 0 Å². The van der Waals surface area contributed by atoms with E-state index in [-0.39, 0.29) is 11.9 Å². The first-order valence-electron chi connectivity index (χ1n) is 9.88. The SMILES string of the molecule is CC(CCCCCCCCOc1cccc(C(=O)OC(C)(C)C)c1)C(=O)O. The minimum absolute atomic E-state index is 0.241. The highest BCUT2D eigenvalue weighted by Gasteiger charge is 2.18. The first kappa shape index (κ1) is 23.0. The van der Waals surface area contributed by atoms with Crippen LogP contribution < -0.4 is 4.74 Å². The fraction of sp³-hybridized carbons (Fsp3) is 0.636. The monoisotopic (exact) mass is 378 g/mol. The van der Waals surface area contributed by atoms with E-state index in [0.717, 1.165) is 44.9 Å². The molecule has 0 heterocycles. The van der Waals surface area contributed by atoms with Gasteiger partial charge in [-0.1, -0.05) is 45.1 Å². The molecule has 0 aliphatic rings. The predicted octanol–water partition coefficient (Wildman–Crippen LogP) is 5.47. The molecule has 1 N–H and O–H groups in total. The van der Waals surface area contributed by atoms with Crippen molar-refractivity contribution in [2.45, 2.75) is 78.2 Å². The summed E-state index contributed by atoms with van der Waals surface area (Å²) in [4.78, 5) is 22.8. The maximum atomic E-state index is 12.1. The van der Waals surface area contributed by atoms with E-state index in [1.807, 2.05) is 26.8 Å². The van der Waals surface area contributed by atoms with Crippen molar-refractivity contribution in [2.24, 2.45) is 5.92 Å². The van der Waals surface area contributed by atoms with Gasteiger partial charge >= 0.3 is 11.9 Å². The zero-order valence-electron chi connectivity index (χ0n) is 17.1. The predicted molar refractivity (Wildman–Crippen MR) is 106 cm³/mol. The average Bonchev–Trinajstić information content (AvgIpc) is 2.58. The molecule has 1 atom stereocenters. The molecule has 0 bridgehead atoms. The fourth-order valence-corrected chi connectivity index (χ4v) is 2.62. The number of carbonyl (C=O) groups is 2. The molecule has 0 aliphatic carbocycles. The van der Waals surface area contributed by atoms with Crippen LogP contribution in [-0.4, -0.2) is 29.3 Å². The summed E-state index contributed by atoms with van der Waals surface area (Å²) in [6.45, 7) is 7.92. The Morgan fingerprint density at radius 1 is 1.04 bits per heavy atom. The van der Waals surface area contributed by atoms with Crippen molar-refractivity contribution in [1.29, 1.82) is 0 Å². The molecule has 0 spiro atoms. The third kappa shape index (κ3) is 10.6. The van der Waals surface area contributed by atoms with Crippen molar-refractivity contribution in [1.82, 2.24) is 0 Å². The van der Waals surface area contributed by atoms with Gasteiger partial charge in [0.25, 0.3) is 0 Å². The van der Waals surface area contributed by atoms with E-state index in [0.29, 0.717) is 17.9 Å². The number of carboxylic acids is 1. The Balaban J connectivity index is 2.17. The number of carboxylic acid groups (broad SMARTS) is 1. The highest BCUT2D eigenvalue weighted by atomic mass is 16.6. The summed E-state index contributed by atoms with van der Waals surface area (Å²) in [7, 11) is 0. The minimum Gasteiger partial charge on any atom is -0.494 e. The largest absolute Gasteiger partial charge is 0.494 e. The maximum Gasteiger partial charge on any atom is 0.338 e. The van der Waals surface area contributed by atoms with Crippen LogP contribution in [0.15, 0.2) is 24.3 Å². The van der Waals surface area contributed by atoms with E-state index >= 15 is 0 Å². The lowest BCUT2D eigenvalue weighted by atomic mass is 10.0. The molecular weight excluding hydrogens is 344 g/mol.